The van der Waals surface area contributed by atoms with E-state index in [-0.39, 0.29) is 0 Å². The van der Waals surface area contributed by atoms with Crippen LogP contribution in [0.4, 0.5) is 0 Å². The van der Waals surface area contributed by atoms with Crippen LogP contribution in [0.15, 0.2) is 16.6 Å². The van der Waals surface area contributed by atoms with Gasteiger partial charge in [-0.15, -0.1) is 0 Å². The van der Waals surface area contributed by atoms with Crippen LogP contribution in [0.3, 0.4) is 0 Å². The van der Waals surface area contributed by atoms with Crippen molar-refractivity contribution in [1.29, 1.82) is 0 Å². The van der Waals surface area contributed by atoms with Crippen molar-refractivity contribution in [2.24, 2.45) is 5.92 Å². The highest BCUT2D eigenvalue weighted by Crippen LogP contribution is 2.27. The number of pyridine rings is 1. The topological polar surface area (TPSA) is 22.1 Å². The molecular formula is C11H14BrNO. The molecule has 2 nitrogen and oxygen atoms in total. The number of rotatable bonds is 3. The summed E-state index contributed by atoms with van der Waals surface area (Å²) in [6.45, 7) is 2.80. The van der Waals surface area contributed by atoms with Crippen LogP contribution in [0.5, 0.6) is 5.88 Å². The lowest BCUT2D eigenvalue weighted by atomic mass is 9.86. The number of ether oxygens (including phenoxy) is 1. The van der Waals surface area contributed by atoms with E-state index in [0.717, 1.165) is 28.6 Å². The van der Waals surface area contributed by atoms with E-state index in [2.05, 4.69) is 20.9 Å². The fraction of sp³-hybridized carbons (Fsp3) is 0.545. The zero-order chi connectivity index (χ0) is 9.97. The first kappa shape index (κ1) is 9.97. The lowest BCUT2D eigenvalue weighted by Crippen LogP contribution is -2.19. The number of hydrogen-bond donors (Lipinski definition) is 0. The highest BCUT2D eigenvalue weighted by atomic mass is 79.9. The third kappa shape index (κ3) is 2.27. The van der Waals surface area contributed by atoms with Gasteiger partial charge in [-0.3, -0.25) is 0 Å². The van der Waals surface area contributed by atoms with Gasteiger partial charge in [0, 0.05) is 10.5 Å². The third-order valence-electron chi connectivity index (χ3n) is 2.69. The van der Waals surface area contributed by atoms with Crippen LogP contribution in [0.2, 0.25) is 0 Å². The van der Waals surface area contributed by atoms with E-state index in [1.807, 2.05) is 19.1 Å². The van der Waals surface area contributed by atoms with Gasteiger partial charge in [-0.05, 0) is 47.7 Å². The van der Waals surface area contributed by atoms with Crippen molar-refractivity contribution < 1.29 is 4.74 Å². The number of aromatic nitrogens is 1. The van der Waals surface area contributed by atoms with E-state index in [9.17, 15) is 0 Å². The second kappa shape index (κ2) is 4.30. The van der Waals surface area contributed by atoms with Gasteiger partial charge in [0.05, 0.1) is 12.3 Å². The van der Waals surface area contributed by atoms with E-state index in [1.165, 1.54) is 19.3 Å². The van der Waals surface area contributed by atoms with Gasteiger partial charge >= 0.3 is 0 Å². The average molecular weight is 256 g/mol. The zero-order valence-electron chi connectivity index (χ0n) is 8.29. The average Bonchev–Trinajstić information content (AvgIpc) is 2.08. The van der Waals surface area contributed by atoms with Gasteiger partial charge in [0.2, 0.25) is 5.88 Å². The van der Waals surface area contributed by atoms with Gasteiger partial charge in [0.1, 0.15) is 0 Å². The maximum absolute atomic E-state index is 5.61. The molecule has 0 spiro atoms. The largest absolute Gasteiger partial charge is 0.477 e. The molecule has 2 rings (SSSR count). The molecule has 1 saturated carbocycles. The first-order chi connectivity index (χ1) is 6.75. The standard InChI is InChI=1S/C11H14BrNO/c1-8-10(12)5-6-11(13-8)14-7-9-3-2-4-9/h5-6,9H,2-4,7H2,1H3. The molecule has 3 heteroatoms. The number of hydrogen-bond acceptors (Lipinski definition) is 2. The van der Waals surface area contributed by atoms with Crippen molar-refractivity contribution in [1.82, 2.24) is 4.98 Å². The van der Waals surface area contributed by atoms with Crippen molar-refractivity contribution in [2.75, 3.05) is 6.61 Å². The van der Waals surface area contributed by atoms with Crippen LogP contribution in [0, 0.1) is 12.8 Å². The number of aryl methyl sites for hydroxylation is 1. The molecule has 0 N–H and O–H groups in total. The van der Waals surface area contributed by atoms with Crippen LogP contribution >= 0.6 is 15.9 Å². The molecule has 1 fully saturated rings. The molecule has 0 amide bonds. The van der Waals surface area contributed by atoms with Crippen molar-refractivity contribution in [2.45, 2.75) is 26.2 Å². The minimum atomic E-state index is 0.748. The van der Waals surface area contributed by atoms with E-state index in [4.69, 9.17) is 4.74 Å². The van der Waals surface area contributed by atoms with Crippen molar-refractivity contribution >= 4 is 15.9 Å². The Labute approximate surface area is 92.8 Å². The molecule has 1 aliphatic carbocycles. The summed E-state index contributed by atoms with van der Waals surface area (Å²) in [4.78, 5) is 4.33. The second-order valence-corrected chi connectivity index (χ2v) is 4.68. The van der Waals surface area contributed by atoms with E-state index in [1.54, 1.807) is 0 Å². The lowest BCUT2D eigenvalue weighted by Gasteiger charge is -2.24. The smallest absolute Gasteiger partial charge is 0.213 e. The predicted molar refractivity (Wildman–Crippen MR) is 59.5 cm³/mol. The fourth-order valence-electron chi connectivity index (χ4n) is 1.46. The molecule has 1 aliphatic rings. The van der Waals surface area contributed by atoms with E-state index < -0.39 is 0 Å². The monoisotopic (exact) mass is 255 g/mol. The highest BCUT2D eigenvalue weighted by molar-refractivity contribution is 9.10. The Kier molecular flexibility index (Phi) is 3.06. The van der Waals surface area contributed by atoms with E-state index >= 15 is 0 Å². The van der Waals surface area contributed by atoms with Crippen molar-refractivity contribution in [3.05, 3.63) is 22.3 Å². The zero-order valence-corrected chi connectivity index (χ0v) is 9.88. The Bertz CT molecular complexity index is 323. The summed E-state index contributed by atoms with van der Waals surface area (Å²) in [6, 6.07) is 3.90. The first-order valence-electron chi connectivity index (χ1n) is 5.01. The Morgan fingerprint density at radius 1 is 1.50 bits per heavy atom. The lowest BCUT2D eigenvalue weighted by molar-refractivity contribution is 0.175. The molecule has 14 heavy (non-hydrogen) atoms. The Morgan fingerprint density at radius 3 is 2.86 bits per heavy atom. The molecule has 76 valence electrons. The molecule has 1 heterocycles. The van der Waals surface area contributed by atoms with Crippen LogP contribution in [0.1, 0.15) is 25.0 Å². The van der Waals surface area contributed by atoms with Crippen molar-refractivity contribution in [3.8, 4) is 5.88 Å². The summed E-state index contributed by atoms with van der Waals surface area (Å²) in [6.07, 6.45) is 3.99. The summed E-state index contributed by atoms with van der Waals surface area (Å²) in [5, 5.41) is 0. The highest BCUT2D eigenvalue weighted by Gasteiger charge is 2.18. The van der Waals surface area contributed by atoms with E-state index in [0.29, 0.717) is 0 Å². The minimum absolute atomic E-state index is 0.748. The van der Waals surface area contributed by atoms with Gasteiger partial charge in [0.25, 0.3) is 0 Å². The Hall–Kier alpha value is -0.570. The van der Waals surface area contributed by atoms with Crippen LogP contribution < -0.4 is 4.74 Å². The van der Waals surface area contributed by atoms with Gasteiger partial charge in [0.15, 0.2) is 0 Å². The van der Waals surface area contributed by atoms with Gasteiger partial charge in [-0.1, -0.05) is 6.42 Å². The molecule has 0 saturated heterocycles. The molecular weight excluding hydrogens is 242 g/mol. The summed E-state index contributed by atoms with van der Waals surface area (Å²) in [7, 11) is 0. The first-order valence-corrected chi connectivity index (χ1v) is 5.81. The van der Waals surface area contributed by atoms with Gasteiger partial charge in [-0.2, -0.15) is 0 Å². The normalized spacial score (nSPS) is 16.4. The van der Waals surface area contributed by atoms with Gasteiger partial charge < -0.3 is 4.74 Å². The summed E-state index contributed by atoms with van der Waals surface area (Å²) in [5.41, 5.74) is 0.983. The molecule has 0 atom stereocenters. The molecule has 1 aromatic rings. The van der Waals surface area contributed by atoms with Crippen LogP contribution in [-0.2, 0) is 0 Å². The molecule has 0 radical (unpaired) electrons. The summed E-state index contributed by atoms with van der Waals surface area (Å²) in [5.74, 6) is 1.51. The van der Waals surface area contributed by atoms with Crippen LogP contribution in [0.25, 0.3) is 0 Å². The molecule has 0 aliphatic heterocycles. The SMILES string of the molecule is Cc1nc(OCC2CCC2)ccc1Br. The predicted octanol–water partition coefficient (Wildman–Crippen LogP) is 3.33. The maximum Gasteiger partial charge on any atom is 0.213 e. The number of halogens is 1. The number of nitrogens with zero attached hydrogens (tertiary/aromatic N) is 1. The summed E-state index contributed by atoms with van der Waals surface area (Å²) >= 11 is 3.42. The van der Waals surface area contributed by atoms with Crippen molar-refractivity contribution in [3.63, 3.8) is 0 Å². The molecule has 0 bridgehead atoms. The summed E-state index contributed by atoms with van der Waals surface area (Å²) < 4.78 is 6.65. The third-order valence-corrected chi connectivity index (χ3v) is 3.53. The Balaban J connectivity index is 1.91. The molecule has 0 aromatic carbocycles. The van der Waals surface area contributed by atoms with Crippen LogP contribution in [-0.4, -0.2) is 11.6 Å². The quantitative estimate of drug-likeness (QED) is 0.827. The maximum atomic E-state index is 5.61. The Morgan fingerprint density at radius 2 is 2.29 bits per heavy atom. The molecule has 0 unspecified atom stereocenters. The van der Waals surface area contributed by atoms with Gasteiger partial charge in [-0.25, -0.2) is 4.98 Å². The minimum Gasteiger partial charge on any atom is -0.477 e. The molecule has 1 aromatic heterocycles. The fourth-order valence-corrected chi connectivity index (χ4v) is 1.68. The second-order valence-electron chi connectivity index (χ2n) is 3.82.